The minimum absolute atomic E-state index is 0.140. The van der Waals surface area contributed by atoms with Gasteiger partial charge < -0.3 is 9.15 Å². The lowest BCUT2D eigenvalue weighted by Crippen LogP contribution is -2.09. The smallest absolute Gasteiger partial charge is 0.266 e. The van der Waals surface area contributed by atoms with E-state index in [1.54, 1.807) is 6.07 Å². The third-order valence-corrected chi connectivity index (χ3v) is 3.76. The van der Waals surface area contributed by atoms with Gasteiger partial charge >= 0.3 is 0 Å². The molecular formula is C15H17F2NO2S. The third kappa shape index (κ3) is 4.74. The number of hydrogen-bond acceptors (Lipinski definition) is 4. The molecule has 0 fully saturated rings. The van der Waals surface area contributed by atoms with Gasteiger partial charge in [0.15, 0.2) is 5.58 Å². The maximum atomic E-state index is 11.9. The van der Waals surface area contributed by atoms with Crippen molar-refractivity contribution in [2.24, 2.45) is 0 Å². The zero-order valence-electron chi connectivity index (χ0n) is 11.9. The Bertz CT molecular complexity index is 623. The van der Waals surface area contributed by atoms with E-state index in [0.29, 0.717) is 16.6 Å². The van der Waals surface area contributed by atoms with Gasteiger partial charge in [-0.05, 0) is 38.0 Å². The molecule has 6 heteroatoms. The fourth-order valence-electron chi connectivity index (χ4n) is 1.65. The second-order valence-corrected chi connectivity index (χ2v) is 5.62. The Morgan fingerprint density at radius 1 is 1.48 bits per heavy atom. The minimum atomic E-state index is -1.65. The van der Waals surface area contributed by atoms with Crippen LogP contribution in [0.5, 0.6) is 5.75 Å². The fraction of sp³-hybridized carbons (Fsp3) is 0.400. The normalized spacial score (nSPS) is 12.4. The second kappa shape index (κ2) is 7.45. The number of nitrogens with zero attached hydrogens (tertiary/aromatic N) is 1. The number of hydrogen-bond donors (Lipinski definition) is 0. The Hall–Kier alpha value is -1.56. The summed E-state index contributed by atoms with van der Waals surface area (Å²) in [6.45, 7) is 4.06. The molecule has 0 bridgehead atoms. The average Bonchev–Trinajstić information content (AvgIpc) is 2.85. The molecule has 0 N–H and O–H groups in total. The molecule has 21 heavy (non-hydrogen) atoms. The number of rotatable bonds is 7. The summed E-state index contributed by atoms with van der Waals surface area (Å²) < 4.78 is 35.1. The topological polar surface area (TPSA) is 35.3 Å². The lowest BCUT2D eigenvalue weighted by Gasteiger charge is -2.11. The number of allylic oxidation sites excluding steroid dienone is 1. The number of ether oxygens (including phenoxy) is 1. The number of thioether (sulfide) groups is 1. The molecule has 0 saturated carbocycles. The van der Waals surface area contributed by atoms with Gasteiger partial charge in [0.05, 0.1) is 6.10 Å². The molecule has 0 saturated heterocycles. The van der Waals surface area contributed by atoms with Gasteiger partial charge in [0.2, 0.25) is 0 Å². The first-order chi connectivity index (χ1) is 10.1. The van der Waals surface area contributed by atoms with Crippen LogP contribution in [0, 0.1) is 0 Å². The van der Waals surface area contributed by atoms with E-state index in [0.717, 1.165) is 23.8 Å². The Labute approximate surface area is 126 Å². The van der Waals surface area contributed by atoms with Gasteiger partial charge in [-0.2, -0.15) is 8.78 Å². The summed E-state index contributed by atoms with van der Waals surface area (Å²) in [4.78, 5) is 4.30. The molecule has 0 spiro atoms. The third-order valence-electron chi connectivity index (χ3n) is 2.89. The van der Waals surface area contributed by atoms with E-state index in [1.165, 1.54) is 11.8 Å². The maximum absolute atomic E-state index is 11.9. The van der Waals surface area contributed by atoms with Crippen LogP contribution in [0.15, 0.2) is 40.0 Å². The molecule has 1 unspecified atom stereocenters. The highest BCUT2D eigenvalue weighted by atomic mass is 32.2. The molecule has 2 rings (SSSR count). The van der Waals surface area contributed by atoms with E-state index in [2.05, 4.69) is 11.9 Å². The van der Waals surface area contributed by atoms with Crippen LogP contribution in [-0.2, 0) is 0 Å². The van der Waals surface area contributed by atoms with Crippen molar-refractivity contribution in [2.45, 2.75) is 38.0 Å². The maximum Gasteiger partial charge on any atom is 0.266 e. The summed E-state index contributed by atoms with van der Waals surface area (Å²) >= 11 is 1.32. The molecule has 0 aliphatic carbocycles. The van der Waals surface area contributed by atoms with E-state index in [4.69, 9.17) is 9.15 Å². The van der Waals surface area contributed by atoms with Crippen LogP contribution in [0.1, 0.15) is 26.7 Å². The molecule has 1 atom stereocenters. The molecule has 0 aliphatic rings. The molecular weight excluding hydrogens is 296 g/mol. The first kappa shape index (κ1) is 15.8. The molecule has 114 valence electrons. The highest BCUT2D eigenvalue weighted by Crippen LogP contribution is 2.27. The average molecular weight is 313 g/mol. The summed E-state index contributed by atoms with van der Waals surface area (Å²) in [6.07, 6.45) is 0.595. The van der Waals surface area contributed by atoms with Crippen molar-refractivity contribution in [1.29, 1.82) is 0 Å². The van der Waals surface area contributed by atoms with Gasteiger partial charge in [-0.3, -0.25) is 0 Å². The quantitative estimate of drug-likeness (QED) is 0.515. The van der Waals surface area contributed by atoms with Crippen LogP contribution in [0.4, 0.5) is 8.78 Å². The Morgan fingerprint density at radius 2 is 2.29 bits per heavy atom. The van der Waals surface area contributed by atoms with Crippen LogP contribution in [0.2, 0.25) is 0 Å². The molecule has 0 radical (unpaired) electrons. The second-order valence-electron chi connectivity index (χ2n) is 4.58. The summed E-state index contributed by atoms with van der Waals surface area (Å²) in [6, 6.07) is 5.49. The number of fused-ring (bicyclic) bond motifs is 1. The molecule has 2 aromatic rings. The Morgan fingerprint density at radius 3 is 3.00 bits per heavy atom. The predicted octanol–water partition coefficient (Wildman–Crippen LogP) is 5.27. The van der Waals surface area contributed by atoms with Crippen LogP contribution in [0.3, 0.4) is 0 Å². The van der Waals surface area contributed by atoms with Gasteiger partial charge in [-0.1, -0.05) is 18.7 Å². The number of oxazole rings is 1. The summed E-state index contributed by atoms with van der Waals surface area (Å²) in [5.41, 5.74) is 1.38. The molecule has 0 amide bonds. The van der Waals surface area contributed by atoms with Crippen LogP contribution in [-0.4, -0.2) is 16.8 Å². The molecule has 0 aliphatic heterocycles. The molecule has 1 aromatic carbocycles. The Balaban J connectivity index is 2.02. The van der Waals surface area contributed by atoms with E-state index < -0.39 is 6.08 Å². The van der Waals surface area contributed by atoms with Gasteiger partial charge in [0.1, 0.15) is 11.3 Å². The zero-order valence-corrected chi connectivity index (χ0v) is 12.8. The lowest BCUT2D eigenvalue weighted by molar-refractivity contribution is 0.217. The molecule has 1 heterocycles. The van der Waals surface area contributed by atoms with E-state index in [1.807, 2.05) is 19.1 Å². The van der Waals surface area contributed by atoms with E-state index in [9.17, 15) is 8.78 Å². The van der Waals surface area contributed by atoms with Crippen LogP contribution < -0.4 is 4.74 Å². The monoisotopic (exact) mass is 313 g/mol. The van der Waals surface area contributed by atoms with Crippen molar-refractivity contribution in [1.82, 2.24) is 4.98 Å². The summed E-state index contributed by atoms with van der Waals surface area (Å²) in [7, 11) is 0. The highest BCUT2D eigenvalue weighted by molar-refractivity contribution is 7.99. The summed E-state index contributed by atoms with van der Waals surface area (Å²) in [5.74, 6) is 1.24. The van der Waals surface area contributed by atoms with E-state index in [-0.39, 0.29) is 12.5 Å². The lowest BCUT2D eigenvalue weighted by atomic mass is 10.3. The van der Waals surface area contributed by atoms with Crippen molar-refractivity contribution in [3.05, 3.63) is 30.4 Å². The highest BCUT2D eigenvalue weighted by Gasteiger charge is 2.09. The van der Waals surface area contributed by atoms with Gasteiger partial charge in [0.25, 0.3) is 11.3 Å². The zero-order chi connectivity index (χ0) is 15.2. The standard InChI is InChI=1S/C15H17F2NO2S/c1-3-10(2)19-11-6-7-12-13(9-11)20-15(18-12)21-8-4-5-14(16)17/h5-7,9-10H,3-4,8H2,1-2H3. The van der Waals surface area contributed by atoms with Crippen LogP contribution >= 0.6 is 11.8 Å². The Kier molecular flexibility index (Phi) is 5.61. The first-order valence-corrected chi connectivity index (χ1v) is 7.78. The fourth-order valence-corrected chi connectivity index (χ4v) is 2.37. The molecule has 1 aromatic heterocycles. The number of benzene rings is 1. The van der Waals surface area contributed by atoms with Gasteiger partial charge in [-0.15, -0.1) is 0 Å². The minimum Gasteiger partial charge on any atom is -0.491 e. The summed E-state index contributed by atoms with van der Waals surface area (Å²) in [5, 5.41) is 0.485. The molecule has 3 nitrogen and oxygen atoms in total. The SMILES string of the molecule is CCC(C)Oc1ccc2nc(SCCC=C(F)F)oc2c1. The van der Waals surface area contributed by atoms with E-state index >= 15 is 0 Å². The van der Waals surface area contributed by atoms with Gasteiger partial charge in [-0.25, -0.2) is 4.98 Å². The van der Waals surface area contributed by atoms with Gasteiger partial charge in [0, 0.05) is 11.8 Å². The van der Waals surface area contributed by atoms with Crippen molar-refractivity contribution < 1.29 is 17.9 Å². The largest absolute Gasteiger partial charge is 0.491 e. The van der Waals surface area contributed by atoms with Crippen molar-refractivity contribution in [3.63, 3.8) is 0 Å². The predicted molar refractivity (Wildman–Crippen MR) is 80.0 cm³/mol. The number of aromatic nitrogens is 1. The number of halogens is 2. The van der Waals surface area contributed by atoms with Crippen molar-refractivity contribution >= 4 is 22.9 Å². The van der Waals surface area contributed by atoms with Crippen molar-refractivity contribution in [2.75, 3.05) is 5.75 Å². The van der Waals surface area contributed by atoms with Crippen molar-refractivity contribution in [3.8, 4) is 5.75 Å². The van der Waals surface area contributed by atoms with Crippen LogP contribution in [0.25, 0.3) is 11.1 Å². The first-order valence-electron chi connectivity index (χ1n) is 6.79.